The molecule has 3 rings (SSSR count). The molecule has 0 aliphatic rings. The molecule has 1 N–H and O–H groups in total. The van der Waals surface area contributed by atoms with E-state index in [0.717, 1.165) is 11.3 Å². The second-order valence-corrected chi connectivity index (χ2v) is 5.89. The van der Waals surface area contributed by atoms with Gasteiger partial charge in [-0.05, 0) is 37.1 Å². The van der Waals surface area contributed by atoms with E-state index in [0.29, 0.717) is 36.3 Å². The van der Waals surface area contributed by atoms with Crippen molar-refractivity contribution in [1.82, 2.24) is 5.32 Å². The number of carbonyl (C=O) groups is 1. The van der Waals surface area contributed by atoms with Gasteiger partial charge >= 0.3 is 5.63 Å². The third-order valence-corrected chi connectivity index (χ3v) is 4.14. The van der Waals surface area contributed by atoms with E-state index in [1.807, 2.05) is 31.2 Å². The number of rotatable bonds is 7. The van der Waals surface area contributed by atoms with E-state index in [1.165, 1.54) is 6.07 Å². The van der Waals surface area contributed by atoms with Crippen molar-refractivity contribution in [3.05, 3.63) is 70.1 Å². The lowest BCUT2D eigenvalue weighted by molar-refractivity contribution is 0.0955. The lowest BCUT2D eigenvalue weighted by Gasteiger charge is -2.10. The summed E-state index contributed by atoms with van der Waals surface area (Å²) in [6, 6.07) is 13.9. The Morgan fingerprint density at radius 2 is 1.96 bits per heavy atom. The van der Waals surface area contributed by atoms with E-state index in [-0.39, 0.29) is 11.5 Å². The predicted octanol–water partition coefficient (Wildman–Crippen LogP) is 3.17. The van der Waals surface area contributed by atoms with Crippen LogP contribution in [0.2, 0.25) is 0 Å². The van der Waals surface area contributed by atoms with E-state index in [4.69, 9.17) is 13.9 Å². The van der Waals surface area contributed by atoms with Crippen molar-refractivity contribution in [2.75, 3.05) is 20.3 Å². The monoisotopic (exact) mass is 367 g/mol. The Kier molecular flexibility index (Phi) is 5.76. The van der Waals surface area contributed by atoms with Crippen LogP contribution in [0.1, 0.15) is 22.8 Å². The average molecular weight is 367 g/mol. The Bertz CT molecular complexity index is 1010. The van der Waals surface area contributed by atoms with Gasteiger partial charge in [-0.15, -0.1) is 0 Å². The number of para-hydroxylation sites is 1. The molecular weight excluding hydrogens is 346 g/mol. The second kappa shape index (κ2) is 8.40. The van der Waals surface area contributed by atoms with Gasteiger partial charge in [0.15, 0.2) is 0 Å². The minimum Gasteiger partial charge on any atom is -0.496 e. The molecule has 0 fully saturated rings. The van der Waals surface area contributed by atoms with E-state index >= 15 is 0 Å². The molecule has 1 amide bonds. The fourth-order valence-corrected chi connectivity index (χ4v) is 2.90. The summed E-state index contributed by atoms with van der Waals surface area (Å²) in [5.41, 5.74) is 1.03. The molecule has 3 aromatic rings. The SMILES string of the molecule is CCOc1ccc2c(C(=O)NCCc3ccccc3OC)cc(=O)oc2c1. The molecule has 6 nitrogen and oxygen atoms in total. The summed E-state index contributed by atoms with van der Waals surface area (Å²) >= 11 is 0. The molecule has 0 saturated carbocycles. The highest BCUT2D eigenvalue weighted by molar-refractivity contribution is 6.05. The maximum atomic E-state index is 12.6. The Morgan fingerprint density at radius 1 is 1.15 bits per heavy atom. The van der Waals surface area contributed by atoms with Gasteiger partial charge in [-0.25, -0.2) is 4.79 Å². The number of nitrogens with one attached hydrogen (secondary N) is 1. The largest absolute Gasteiger partial charge is 0.496 e. The summed E-state index contributed by atoms with van der Waals surface area (Å²) in [4.78, 5) is 24.5. The second-order valence-electron chi connectivity index (χ2n) is 5.89. The maximum absolute atomic E-state index is 12.6. The summed E-state index contributed by atoms with van der Waals surface area (Å²) in [5, 5.41) is 3.41. The van der Waals surface area contributed by atoms with Crippen molar-refractivity contribution in [3.63, 3.8) is 0 Å². The van der Waals surface area contributed by atoms with Crippen molar-refractivity contribution < 1.29 is 18.7 Å². The van der Waals surface area contributed by atoms with Crippen LogP contribution in [0.15, 0.2) is 57.7 Å². The lowest BCUT2D eigenvalue weighted by atomic mass is 10.1. The molecule has 1 aromatic heterocycles. The quantitative estimate of drug-likeness (QED) is 0.649. The Balaban J connectivity index is 1.78. The maximum Gasteiger partial charge on any atom is 0.337 e. The molecular formula is C21H21NO5. The van der Waals surface area contributed by atoms with Gasteiger partial charge in [-0.3, -0.25) is 4.79 Å². The van der Waals surface area contributed by atoms with Crippen molar-refractivity contribution in [1.29, 1.82) is 0 Å². The highest BCUT2D eigenvalue weighted by Gasteiger charge is 2.14. The summed E-state index contributed by atoms with van der Waals surface area (Å²) < 4.78 is 15.9. The first-order chi connectivity index (χ1) is 13.1. The van der Waals surface area contributed by atoms with Crippen molar-refractivity contribution in [3.8, 4) is 11.5 Å². The third-order valence-electron chi connectivity index (χ3n) is 4.14. The molecule has 0 atom stereocenters. The number of benzene rings is 2. The molecule has 2 aromatic carbocycles. The van der Waals surface area contributed by atoms with Gasteiger partial charge in [-0.1, -0.05) is 18.2 Å². The van der Waals surface area contributed by atoms with Crippen LogP contribution in [0, 0.1) is 0 Å². The first-order valence-corrected chi connectivity index (χ1v) is 8.73. The zero-order valence-electron chi connectivity index (χ0n) is 15.3. The van der Waals surface area contributed by atoms with Crippen LogP contribution in [0.4, 0.5) is 0 Å². The van der Waals surface area contributed by atoms with Crippen LogP contribution >= 0.6 is 0 Å². The van der Waals surface area contributed by atoms with Gasteiger partial charge in [-0.2, -0.15) is 0 Å². The fraction of sp³-hybridized carbons (Fsp3) is 0.238. The van der Waals surface area contributed by atoms with E-state index < -0.39 is 5.63 Å². The van der Waals surface area contributed by atoms with Crippen LogP contribution in [-0.2, 0) is 6.42 Å². The van der Waals surface area contributed by atoms with Crippen LogP contribution < -0.4 is 20.4 Å². The molecule has 0 unspecified atom stereocenters. The van der Waals surface area contributed by atoms with Crippen LogP contribution in [-0.4, -0.2) is 26.2 Å². The number of ether oxygens (including phenoxy) is 2. The van der Waals surface area contributed by atoms with E-state index in [9.17, 15) is 9.59 Å². The van der Waals surface area contributed by atoms with Crippen molar-refractivity contribution >= 4 is 16.9 Å². The number of methoxy groups -OCH3 is 1. The number of amides is 1. The fourth-order valence-electron chi connectivity index (χ4n) is 2.90. The third kappa shape index (κ3) is 4.28. The van der Waals surface area contributed by atoms with Gasteiger partial charge in [0.1, 0.15) is 17.1 Å². The van der Waals surface area contributed by atoms with Crippen LogP contribution in [0.5, 0.6) is 11.5 Å². The highest BCUT2D eigenvalue weighted by atomic mass is 16.5. The van der Waals surface area contributed by atoms with Crippen LogP contribution in [0.25, 0.3) is 11.0 Å². The number of carbonyl (C=O) groups excluding carboxylic acids is 1. The molecule has 0 aliphatic heterocycles. The topological polar surface area (TPSA) is 77.8 Å². The van der Waals surface area contributed by atoms with E-state index in [2.05, 4.69) is 5.32 Å². The zero-order valence-corrected chi connectivity index (χ0v) is 15.3. The zero-order chi connectivity index (χ0) is 19.2. The molecule has 27 heavy (non-hydrogen) atoms. The van der Waals surface area contributed by atoms with Crippen LogP contribution in [0.3, 0.4) is 0 Å². The van der Waals surface area contributed by atoms with Gasteiger partial charge in [0.25, 0.3) is 5.91 Å². The van der Waals surface area contributed by atoms with Crippen molar-refractivity contribution in [2.24, 2.45) is 0 Å². The lowest BCUT2D eigenvalue weighted by Crippen LogP contribution is -2.26. The minimum absolute atomic E-state index is 0.282. The average Bonchev–Trinajstić information content (AvgIpc) is 2.67. The number of fused-ring (bicyclic) bond motifs is 1. The molecule has 140 valence electrons. The molecule has 6 heteroatoms. The normalized spacial score (nSPS) is 10.6. The molecule has 1 heterocycles. The molecule has 0 aliphatic carbocycles. The van der Waals surface area contributed by atoms with E-state index in [1.54, 1.807) is 25.3 Å². The van der Waals surface area contributed by atoms with Gasteiger partial charge in [0.05, 0.1) is 19.3 Å². The molecule has 0 spiro atoms. The molecule has 0 saturated heterocycles. The molecule has 0 bridgehead atoms. The smallest absolute Gasteiger partial charge is 0.337 e. The van der Waals surface area contributed by atoms with Gasteiger partial charge in [0, 0.05) is 24.1 Å². The summed E-state index contributed by atoms with van der Waals surface area (Å²) in [5.74, 6) is 1.04. The van der Waals surface area contributed by atoms with Gasteiger partial charge in [0.2, 0.25) is 0 Å². The Morgan fingerprint density at radius 3 is 2.74 bits per heavy atom. The number of hydrogen-bond acceptors (Lipinski definition) is 5. The Labute approximate surface area is 156 Å². The first-order valence-electron chi connectivity index (χ1n) is 8.73. The summed E-state index contributed by atoms with van der Waals surface area (Å²) in [6.45, 7) is 2.78. The van der Waals surface area contributed by atoms with Crippen molar-refractivity contribution in [2.45, 2.75) is 13.3 Å². The predicted molar refractivity (Wildman–Crippen MR) is 103 cm³/mol. The first kappa shape index (κ1) is 18.5. The van der Waals surface area contributed by atoms with Gasteiger partial charge < -0.3 is 19.2 Å². The Hall–Kier alpha value is -3.28. The molecule has 0 radical (unpaired) electrons. The minimum atomic E-state index is -0.578. The standard InChI is InChI=1S/C21H21NO5/c1-3-26-15-8-9-16-17(13-20(23)27-19(16)12-15)21(24)22-11-10-14-6-4-5-7-18(14)25-2/h4-9,12-13H,3,10-11H2,1-2H3,(H,22,24). The highest BCUT2D eigenvalue weighted by Crippen LogP contribution is 2.23. The summed E-state index contributed by atoms with van der Waals surface area (Å²) in [6.07, 6.45) is 0.615. The number of hydrogen-bond donors (Lipinski definition) is 1. The summed E-state index contributed by atoms with van der Waals surface area (Å²) in [7, 11) is 1.61.